The van der Waals surface area contributed by atoms with Crippen molar-refractivity contribution < 1.29 is 4.79 Å². The Hall–Kier alpha value is -0.180. The second-order valence-electron chi connectivity index (χ2n) is 6.33. The van der Waals surface area contributed by atoms with Crippen molar-refractivity contribution in [2.24, 2.45) is 17.3 Å². The van der Waals surface area contributed by atoms with Gasteiger partial charge in [0, 0.05) is 18.7 Å². The molecule has 1 aliphatic carbocycles. The van der Waals surface area contributed by atoms with Crippen molar-refractivity contribution in [3.05, 3.63) is 0 Å². The van der Waals surface area contributed by atoms with E-state index < -0.39 is 0 Å². The van der Waals surface area contributed by atoms with Crippen LogP contribution in [0.5, 0.6) is 0 Å². The summed E-state index contributed by atoms with van der Waals surface area (Å²) in [4.78, 5) is 11.8. The summed E-state index contributed by atoms with van der Waals surface area (Å²) in [7, 11) is 0. The molecule has 0 aromatic heterocycles. The maximum Gasteiger partial charge on any atom is 0.220 e. The standard InChI is InChI=1S/C14H27NOS/c1-11-7-12(10-14(2,3)9-11)8-13(16)15-5-6-17-4/h11-12H,5-10H2,1-4H3,(H,15,16)/t11-,12+/m1/s1. The molecule has 2 nitrogen and oxygen atoms in total. The van der Waals surface area contributed by atoms with Crippen molar-refractivity contribution in [2.75, 3.05) is 18.6 Å². The molecule has 0 saturated heterocycles. The van der Waals surface area contributed by atoms with Crippen LogP contribution in [-0.2, 0) is 4.79 Å². The van der Waals surface area contributed by atoms with Gasteiger partial charge >= 0.3 is 0 Å². The van der Waals surface area contributed by atoms with Gasteiger partial charge in [-0.15, -0.1) is 0 Å². The number of rotatable bonds is 5. The fourth-order valence-corrected chi connectivity index (χ4v) is 3.63. The van der Waals surface area contributed by atoms with Gasteiger partial charge in [-0.2, -0.15) is 11.8 Å². The van der Waals surface area contributed by atoms with Crippen LogP contribution in [0.2, 0.25) is 0 Å². The van der Waals surface area contributed by atoms with Crippen LogP contribution in [0, 0.1) is 17.3 Å². The molecule has 0 radical (unpaired) electrons. The van der Waals surface area contributed by atoms with E-state index in [9.17, 15) is 4.79 Å². The number of amides is 1. The summed E-state index contributed by atoms with van der Waals surface area (Å²) in [6.45, 7) is 7.80. The van der Waals surface area contributed by atoms with Gasteiger partial charge in [0.25, 0.3) is 0 Å². The first-order valence-electron chi connectivity index (χ1n) is 6.68. The highest BCUT2D eigenvalue weighted by Crippen LogP contribution is 2.42. The fraction of sp³-hybridized carbons (Fsp3) is 0.929. The Morgan fingerprint density at radius 1 is 1.41 bits per heavy atom. The van der Waals surface area contributed by atoms with Gasteiger partial charge < -0.3 is 5.32 Å². The number of nitrogens with one attached hydrogen (secondary N) is 1. The summed E-state index contributed by atoms with van der Waals surface area (Å²) in [5, 5.41) is 3.01. The number of hydrogen-bond acceptors (Lipinski definition) is 2. The SMILES string of the molecule is CSCCNC(=O)C[C@@H]1C[C@@H](C)CC(C)(C)C1. The lowest BCUT2D eigenvalue weighted by molar-refractivity contribution is -0.122. The molecular weight excluding hydrogens is 230 g/mol. The van der Waals surface area contributed by atoms with Crippen molar-refractivity contribution >= 4 is 17.7 Å². The van der Waals surface area contributed by atoms with E-state index in [2.05, 4.69) is 32.3 Å². The van der Waals surface area contributed by atoms with Crippen LogP contribution in [0.25, 0.3) is 0 Å². The number of carbonyl (C=O) groups excluding carboxylic acids is 1. The lowest BCUT2D eigenvalue weighted by atomic mass is 9.67. The average Bonchev–Trinajstić information content (AvgIpc) is 2.14. The van der Waals surface area contributed by atoms with Crippen LogP contribution in [0.4, 0.5) is 0 Å². The summed E-state index contributed by atoms with van der Waals surface area (Å²) in [5.74, 6) is 2.61. The topological polar surface area (TPSA) is 29.1 Å². The number of carbonyl (C=O) groups is 1. The largest absolute Gasteiger partial charge is 0.355 e. The smallest absolute Gasteiger partial charge is 0.220 e. The monoisotopic (exact) mass is 257 g/mol. The minimum Gasteiger partial charge on any atom is -0.355 e. The van der Waals surface area contributed by atoms with Crippen LogP contribution in [0.3, 0.4) is 0 Å². The summed E-state index contributed by atoms with van der Waals surface area (Å²) in [5.41, 5.74) is 0.419. The van der Waals surface area contributed by atoms with E-state index >= 15 is 0 Å². The molecule has 0 bridgehead atoms. The molecular formula is C14H27NOS. The highest BCUT2D eigenvalue weighted by atomic mass is 32.2. The maximum absolute atomic E-state index is 11.8. The number of hydrogen-bond donors (Lipinski definition) is 1. The van der Waals surface area contributed by atoms with Crippen LogP contribution in [0.15, 0.2) is 0 Å². The van der Waals surface area contributed by atoms with Crippen molar-refractivity contribution in [2.45, 2.75) is 46.5 Å². The quantitative estimate of drug-likeness (QED) is 0.766. The highest BCUT2D eigenvalue weighted by Gasteiger charge is 2.32. The fourth-order valence-electron chi connectivity index (χ4n) is 3.33. The third kappa shape index (κ3) is 5.80. The molecule has 1 rings (SSSR count). The van der Waals surface area contributed by atoms with Gasteiger partial charge in [-0.3, -0.25) is 4.79 Å². The molecule has 1 saturated carbocycles. The van der Waals surface area contributed by atoms with Crippen LogP contribution in [-0.4, -0.2) is 24.5 Å². The Bertz CT molecular complexity index is 253. The lowest BCUT2D eigenvalue weighted by Crippen LogP contribution is -2.33. The van der Waals surface area contributed by atoms with Crippen molar-refractivity contribution in [1.29, 1.82) is 0 Å². The highest BCUT2D eigenvalue weighted by molar-refractivity contribution is 7.98. The lowest BCUT2D eigenvalue weighted by Gasteiger charge is -2.38. The van der Waals surface area contributed by atoms with E-state index in [4.69, 9.17) is 0 Å². The van der Waals surface area contributed by atoms with Gasteiger partial charge in [-0.1, -0.05) is 20.8 Å². The van der Waals surface area contributed by atoms with Gasteiger partial charge in [0.1, 0.15) is 0 Å². The van der Waals surface area contributed by atoms with Crippen molar-refractivity contribution in [3.63, 3.8) is 0 Å². The predicted octanol–water partition coefficient (Wildman–Crippen LogP) is 3.32. The van der Waals surface area contributed by atoms with Gasteiger partial charge in [-0.05, 0) is 42.8 Å². The minimum atomic E-state index is 0.244. The molecule has 0 heterocycles. The molecule has 1 amide bonds. The molecule has 1 N–H and O–H groups in total. The van der Waals surface area contributed by atoms with Gasteiger partial charge in [0.05, 0.1) is 0 Å². The Kier molecular flexibility index (Phi) is 5.84. The first-order valence-corrected chi connectivity index (χ1v) is 8.08. The van der Waals surface area contributed by atoms with Crippen LogP contribution in [0.1, 0.15) is 46.5 Å². The third-order valence-corrected chi connectivity index (χ3v) is 4.19. The molecule has 0 aromatic carbocycles. The first kappa shape index (κ1) is 14.9. The number of thioether (sulfide) groups is 1. The minimum absolute atomic E-state index is 0.244. The van der Waals surface area contributed by atoms with Crippen molar-refractivity contribution in [3.8, 4) is 0 Å². The zero-order valence-electron chi connectivity index (χ0n) is 11.7. The molecule has 2 atom stereocenters. The predicted molar refractivity (Wildman–Crippen MR) is 76.3 cm³/mol. The maximum atomic E-state index is 11.8. The molecule has 17 heavy (non-hydrogen) atoms. The Morgan fingerprint density at radius 3 is 2.71 bits per heavy atom. The van der Waals surface area contributed by atoms with Crippen LogP contribution < -0.4 is 5.32 Å². The molecule has 1 fully saturated rings. The Labute approximate surface area is 110 Å². The molecule has 1 aliphatic rings. The van der Waals surface area contributed by atoms with E-state index in [-0.39, 0.29) is 5.91 Å². The summed E-state index contributed by atoms with van der Waals surface area (Å²) >= 11 is 1.78. The second kappa shape index (κ2) is 6.67. The summed E-state index contributed by atoms with van der Waals surface area (Å²) in [6, 6.07) is 0. The molecule has 3 heteroatoms. The van der Waals surface area contributed by atoms with E-state index in [1.54, 1.807) is 11.8 Å². The third-order valence-electron chi connectivity index (χ3n) is 3.58. The van der Waals surface area contributed by atoms with E-state index in [1.165, 1.54) is 19.3 Å². The zero-order valence-corrected chi connectivity index (χ0v) is 12.5. The molecule has 0 spiro atoms. The molecule has 0 aliphatic heterocycles. The normalized spacial score (nSPS) is 27.8. The summed E-state index contributed by atoms with van der Waals surface area (Å²) < 4.78 is 0. The zero-order chi connectivity index (χ0) is 12.9. The molecule has 0 unspecified atom stereocenters. The first-order chi connectivity index (χ1) is 7.93. The van der Waals surface area contributed by atoms with Gasteiger partial charge in [-0.25, -0.2) is 0 Å². The Balaban J connectivity index is 2.32. The summed E-state index contributed by atoms with van der Waals surface area (Å²) in [6.07, 6.45) is 6.52. The average molecular weight is 257 g/mol. The van der Waals surface area contributed by atoms with Crippen molar-refractivity contribution in [1.82, 2.24) is 5.32 Å². The van der Waals surface area contributed by atoms with Crippen LogP contribution >= 0.6 is 11.8 Å². The van der Waals surface area contributed by atoms with Gasteiger partial charge in [0.2, 0.25) is 5.91 Å². The van der Waals surface area contributed by atoms with E-state index in [1.807, 2.05) is 0 Å². The van der Waals surface area contributed by atoms with E-state index in [0.717, 1.165) is 24.6 Å². The van der Waals surface area contributed by atoms with Gasteiger partial charge in [0.15, 0.2) is 0 Å². The molecule has 100 valence electrons. The second-order valence-corrected chi connectivity index (χ2v) is 7.31. The Morgan fingerprint density at radius 2 is 2.12 bits per heavy atom. The molecule has 0 aromatic rings. The van der Waals surface area contributed by atoms with E-state index in [0.29, 0.717) is 11.3 Å².